The summed E-state index contributed by atoms with van der Waals surface area (Å²) in [4.78, 5) is 14.3. The Morgan fingerprint density at radius 1 is 1.43 bits per heavy atom. The molecule has 1 atom stereocenters. The molecule has 1 unspecified atom stereocenters. The molecule has 0 bridgehead atoms. The lowest BCUT2D eigenvalue weighted by Crippen LogP contribution is -2.51. The zero-order valence-electron chi connectivity index (χ0n) is 11.8. The molecule has 1 fully saturated rings. The standard InChI is InChI=1S/C15H17BrN4O/c1-11-10-19(8-6-17-11)15(21)14-5-7-20(18-14)13-4-2-3-12(16)9-13/h2-5,7,9,11,17H,6,8,10H2,1H3. The molecule has 0 aliphatic carbocycles. The van der Waals surface area contributed by atoms with Gasteiger partial charge in [-0.15, -0.1) is 0 Å². The summed E-state index contributed by atoms with van der Waals surface area (Å²) >= 11 is 3.44. The van der Waals surface area contributed by atoms with Crippen LogP contribution in [0.1, 0.15) is 17.4 Å². The van der Waals surface area contributed by atoms with Crippen molar-refractivity contribution in [3.8, 4) is 5.69 Å². The van der Waals surface area contributed by atoms with Crippen LogP contribution in [0, 0.1) is 0 Å². The third-order valence-corrected chi connectivity index (χ3v) is 4.03. The Balaban J connectivity index is 1.80. The first kappa shape index (κ1) is 14.3. The molecule has 1 aromatic carbocycles. The van der Waals surface area contributed by atoms with Crippen LogP contribution in [0.15, 0.2) is 41.0 Å². The molecule has 0 radical (unpaired) electrons. The van der Waals surface area contributed by atoms with Gasteiger partial charge in [-0.25, -0.2) is 4.68 Å². The quantitative estimate of drug-likeness (QED) is 0.903. The van der Waals surface area contributed by atoms with Gasteiger partial charge in [-0.05, 0) is 31.2 Å². The van der Waals surface area contributed by atoms with Gasteiger partial charge in [0.15, 0.2) is 5.69 Å². The predicted molar refractivity (Wildman–Crippen MR) is 84.6 cm³/mol. The summed E-state index contributed by atoms with van der Waals surface area (Å²) in [5, 5.41) is 7.74. The molecule has 1 amide bonds. The summed E-state index contributed by atoms with van der Waals surface area (Å²) in [6.45, 7) is 4.37. The molecule has 1 aliphatic rings. The zero-order chi connectivity index (χ0) is 14.8. The fourth-order valence-electron chi connectivity index (χ4n) is 2.48. The summed E-state index contributed by atoms with van der Waals surface area (Å²) < 4.78 is 2.71. The largest absolute Gasteiger partial charge is 0.334 e. The molecule has 0 spiro atoms. The average molecular weight is 349 g/mol. The Labute approximate surface area is 132 Å². The van der Waals surface area contributed by atoms with Crippen molar-refractivity contribution in [2.45, 2.75) is 13.0 Å². The molecule has 5 nitrogen and oxygen atoms in total. The highest BCUT2D eigenvalue weighted by atomic mass is 79.9. The number of hydrogen-bond acceptors (Lipinski definition) is 3. The number of carbonyl (C=O) groups is 1. The van der Waals surface area contributed by atoms with E-state index in [2.05, 4.69) is 33.3 Å². The second-order valence-corrected chi connectivity index (χ2v) is 6.15. The van der Waals surface area contributed by atoms with Crippen LogP contribution in [0.3, 0.4) is 0 Å². The van der Waals surface area contributed by atoms with Gasteiger partial charge in [0, 0.05) is 36.3 Å². The number of nitrogens with zero attached hydrogens (tertiary/aromatic N) is 3. The first-order valence-electron chi connectivity index (χ1n) is 6.98. The number of benzene rings is 1. The minimum absolute atomic E-state index is 0.00269. The fraction of sp³-hybridized carbons (Fsp3) is 0.333. The van der Waals surface area contributed by atoms with Crippen LogP contribution in [0.5, 0.6) is 0 Å². The molecule has 2 aromatic rings. The van der Waals surface area contributed by atoms with Crippen LogP contribution in [0.4, 0.5) is 0 Å². The molecule has 3 rings (SSSR count). The highest BCUT2D eigenvalue weighted by molar-refractivity contribution is 9.10. The van der Waals surface area contributed by atoms with Gasteiger partial charge in [-0.3, -0.25) is 4.79 Å². The highest BCUT2D eigenvalue weighted by Crippen LogP contribution is 2.15. The molecule has 1 aliphatic heterocycles. The summed E-state index contributed by atoms with van der Waals surface area (Å²) in [5.41, 5.74) is 1.42. The van der Waals surface area contributed by atoms with Gasteiger partial charge >= 0.3 is 0 Å². The van der Waals surface area contributed by atoms with Crippen molar-refractivity contribution in [1.82, 2.24) is 20.0 Å². The first-order valence-corrected chi connectivity index (χ1v) is 7.77. The maximum absolute atomic E-state index is 12.5. The Kier molecular flexibility index (Phi) is 4.07. The maximum Gasteiger partial charge on any atom is 0.274 e. The van der Waals surface area contributed by atoms with Crippen LogP contribution in [0.2, 0.25) is 0 Å². The smallest absolute Gasteiger partial charge is 0.274 e. The van der Waals surface area contributed by atoms with E-state index in [4.69, 9.17) is 0 Å². The van der Waals surface area contributed by atoms with Gasteiger partial charge in [-0.1, -0.05) is 22.0 Å². The summed E-state index contributed by atoms with van der Waals surface area (Å²) in [7, 11) is 0. The minimum atomic E-state index is -0.00269. The second-order valence-electron chi connectivity index (χ2n) is 5.23. The highest BCUT2D eigenvalue weighted by Gasteiger charge is 2.23. The van der Waals surface area contributed by atoms with E-state index < -0.39 is 0 Å². The van der Waals surface area contributed by atoms with E-state index in [0.717, 1.165) is 29.8 Å². The number of halogens is 1. The number of amides is 1. The molecular formula is C15H17BrN4O. The van der Waals surface area contributed by atoms with E-state index >= 15 is 0 Å². The molecule has 0 saturated carbocycles. The molecule has 110 valence electrons. The lowest BCUT2D eigenvalue weighted by Gasteiger charge is -2.31. The second kappa shape index (κ2) is 5.99. The molecular weight excluding hydrogens is 332 g/mol. The maximum atomic E-state index is 12.5. The van der Waals surface area contributed by atoms with Crippen molar-refractivity contribution in [2.24, 2.45) is 0 Å². The van der Waals surface area contributed by atoms with Gasteiger partial charge in [-0.2, -0.15) is 5.10 Å². The molecule has 1 saturated heterocycles. The van der Waals surface area contributed by atoms with Crippen molar-refractivity contribution in [3.63, 3.8) is 0 Å². The van der Waals surface area contributed by atoms with E-state index in [1.165, 1.54) is 0 Å². The Morgan fingerprint density at radius 3 is 3.05 bits per heavy atom. The lowest BCUT2D eigenvalue weighted by atomic mass is 10.2. The number of piperazine rings is 1. The Morgan fingerprint density at radius 2 is 2.29 bits per heavy atom. The summed E-state index contributed by atoms with van der Waals surface area (Å²) in [5.74, 6) is -0.00269. The number of rotatable bonds is 2. The molecule has 6 heteroatoms. The first-order chi connectivity index (χ1) is 10.1. The summed E-state index contributed by atoms with van der Waals surface area (Å²) in [6, 6.07) is 9.93. The average Bonchev–Trinajstić information content (AvgIpc) is 2.96. The number of aromatic nitrogens is 2. The SMILES string of the molecule is CC1CN(C(=O)c2ccn(-c3cccc(Br)c3)n2)CCN1. The van der Waals surface area contributed by atoms with Gasteiger partial charge < -0.3 is 10.2 Å². The Bertz CT molecular complexity index is 655. The number of nitrogens with one attached hydrogen (secondary N) is 1. The van der Waals surface area contributed by atoms with Crippen LogP contribution in [-0.2, 0) is 0 Å². The van der Waals surface area contributed by atoms with Crippen molar-refractivity contribution >= 4 is 21.8 Å². The van der Waals surface area contributed by atoms with E-state index in [-0.39, 0.29) is 5.91 Å². The lowest BCUT2D eigenvalue weighted by molar-refractivity contribution is 0.0702. The fourth-order valence-corrected chi connectivity index (χ4v) is 2.87. The number of hydrogen-bond donors (Lipinski definition) is 1. The molecule has 1 N–H and O–H groups in total. The van der Waals surface area contributed by atoms with E-state index in [0.29, 0.717) is 11.7 Å². The van der Waals surface area contributed by atoms with E-state index in [1.807, 2.05) is 35.4 Å². The third-order valence-electron chi connectivity index (χ3n) is 3.54. The van der Waals surface area contributed by atoms with Crippen molar-refractivity contribution in [2.75, 3.05) is 19.6 Å². The minimum Gasteiger partial charge on any atom is -0.334 e. The van der Waals surface area contributed by atoms with Crippen molar-refractivity contribution in [1.29, 1.82) is 0 Å². The van der Waals surface area contributed by atoms with Gasteiger partial charge in [0.2, 0.25) is 0 Å². The number of carbonyl (C=O) groups excluding carboxylic acids is 1. The molecule has 1 aromatic heterocycles. The zero-order valence-corrected chi connectivity index (χ0v) is 13.4. The molecule has 21 heavy (non-hydrogen) atoms. The normalized spacial score (nSPS) is 18.8. The Hall–Kier alpha value is -1.66. The summed E-state index contributed by atoms with van der Waals surface area (Å²) in [6.07, 6.45) is 1.82. The van der Waals surface area contributed by atoms with Crippen LogP contribution in [-0.4, -0.2) is 46.3 Å². The molecule has 2 heterocycles. The van der Waals surface area contributed by atoms with Crippen LogP contribution in [0.25, 0.3) is 5.69 Å². The van der Waals surface area contributed by atoms with E-state index in [9.17, 15) is 4.79 Å². The topological polar surface area (TPSA) is 50.2 Å². The predicted octanol–water partition coefficient (Wildman–Crippen LogP) is 2.07. The van der Waals surface area contributed by atoms with Gasteiger partial charge in [0.25, 0.3) is 5.91 Å². The van der Waals surface area contributed by atoms with Crippen molar-refractivity contribution < 1.29 is 4.79 Å². The van der Waals surface area contributed by atoms with Gasteiger partial charge in [0.1, 0.15) is 0 Å². The van der Waals surface area contributed by atoms with Crippen LogP contribution < -0.4 is 5.32 Å². The van der Waals surface area contributed by atoms with Crippen molar-refractivity contribution in [3.05, 3.63) is 46.7 Å². The van der Waals surface area contributed by atoms with E-state index in [1.54, 1.807) is 10.7 Å². The van der Waals surface area contributed by atoms with Crippen LogP contribution >= 0.6 is 15.9 Å². The monoisotopic (exact) mass is 348 g/mol. The van der Waals surface area contributed by atoms with Gasteiger partial charge in [0.05, 0.1) is 5.69 Å². The third kappa shape index (κ3) is 3.16.